The summed E-state index contributed by atoms with van der Waals surface area (Å²) in [5, 5.41) is 0. The van der Waals surface area contributed by atoms with Crippen LogP contribution < -0.4 is 9.47 Å². The maximum atomic E-state index is 7.13. The van der Waals surface area contributed by atoms with E-state index in [9.17, 15) is 0 Å². The van der Waals surface area contributed by atoms with Crippen molar-refractivity contribution < 1.29 is 9.47 Å². The largest absolute Gasteiger partial charge is 0.456 e. The molecule has 0 spiro atoms. The van der Waals surface area contributed by atoms with Crippen LogP contribution in [0.3, 0.4) is 0 Å². The normalized spacial score (nSPS) is 17.4. The second-order valence-corrected chi connectivity index (χ2v) is 17.0. The molecule has 3 heterocycles. The monoisotopic (exact) mass is 837 g/mol. The molecule has 0 N–H and O–H groups in total. The third kappa shape index (κ3) is 5.96. The first-order chi connectivity index (χ1) is 32.2. The molecule has 2 atom stereocenters. The van der Waals surface area contributed by atoms with Crippen LogP contribution in [0.4, 0.5) is 0 Å². The highest BCUT2D eigenvalue weighted by Crippen LogP contribution is 2.60. The number of aryl methyl sites for hydroxylation is 1. The minimum absolute atomic E-state index is 0.107. The van der Waals surface area contributed by atoms with Crippen molar-refractivity contribution in [1.29, 1.82) is 0 Å². The van der Waals surface area contributed by atoms with Gasteiger partial charge in [0, 0.05) is 27.8 Å². The Bertz CT molecular complexity index is 3290. The zero-order valence-corrected chi connectivity index (χ0v) is 35.8. The number of benzene rings is 8. The third-order valence-electron chi connectivity index (χ3n) is 13.6. The average molecular weight is 838 g/mol. The first-order valence-electron chi connectivity index (χ1n) is 22.3. The van der Waals surface area contributed by atoms with Gasteiger partial charge < -0.3 is 9.47 Å². The Hall–Kier alpha value is -8.15. The van der Waals surface area contributed by atoms with Gasteiger partial charge >= 0.3 is 0 Å². The van der Waals surface area contributed by atoms with Crippen molar-refractivity contribution in [3.05, 3.63) is 269 Å². The molecular weight excluding hydrogens is 795 g/mol. The van der Waals surface area contributed by atoms with E-state index >= 15 is 0 Å². The molecule has 8 aromatic carbocycles. The number of allylic oxidation sites excluding steroid dienone is 4. The molecular formula is C60H43N3O2. The van der Waals surface area contributed by atoms with Crippen LogP contribution in [-0.4, -0.2) is 15.0 Å². The third-order valence-corrected chi connectivity index (χ3v) is 13.6. The summed E-state index contributed by atoms with van der Waals surface area (Å²) in [5.74, 6) is 4.72. The van der Waals surface area contributed by atoms with Crippen LogP contribution in [0.5, 0.6) is 23.0 Å². The quantitative estimate of drug-likeness (QED) is 0.160. The average Bonchev–Trinajstić information content (AvgIpc) is 3.38. The van der Waals surface area contributed by atoms with E-state index in [0.717, 1.165) is 79.3 Å². The van der Waals surface area contributed by atoms with Crippen LogP contribution >= 0.6 is 0 Å². The molecule has 9 aromatic rings. The zero-order chi connectivity index (χ0) is 43.4. The molecule has 0 amide bonds. The van der Waals surface area contributed by atoms with Crippen molar-refractivity contribution in [2.45, 2.75) is 24.2 Å². The number of aromatic nitrogens is 3. The second kappa shape index (κ2) is 15.6. The molecule has 0 bridgehead atoms. The van der Waals surface area contributed by atoms with E-state index in [1.165, 1.54) is 5.56 Å². The predicted molar refractivity (Wildman–Crippen MR) is 258 cm³/mol. The zero-order valence-electron chi connectivity index (χ0n) is 35.8. The van der Waals surface area contributed by atoms with Gasteiger partial charge in [-0.3, -0.25) is 0 Å². The van der Waals surface area contributed by atoms with Crippen molar-refractivity contribution in [2.24, 2.45) is 5.92 Å². The number of nitrogens with zero attached hydrogens (tertiary/aromatic N) is 3. The second-order valence-electron chi connectivity index (χ2n) is 17.0. The molecule has 5 nitrogen and oxygen atoms in total. The van der Waals surface area contributed by atoms with E-state index in [-0.39, 0.29) is 5.92 Å². The number of para-hydroxylation sites is 4. The van der Waals surface area contributed by atoms with Gasteiger partial charge in [-0.2, -0.15) is 0 Å². The molecule has 2 unspecified atom stereocenters. The van der Waals surface area contributed by atoms with E-state index in [2.05, 4.69) is 213 Å². The highest BCUT2D eigenvalue weighted by atomic mass is 16.5. The van der Waals surface area contributed by atoms with Gasteiger partial charge in [0.15, 0.2) is 17.5 Å². The summed E-state index contributed by atoms with van der Waals surface area (Å²) in [6.45, 7) is 2.10. The van der Waals surface area contributed by atoms with Gasteiger partial charge in [-0.15, -0.1) is 0 Å². The molecule has 0 fully saturated rings. The van der Waals surface area contributed by atoms with E-state index in [1.54, 1.807) is 0 Å². The van der Waals surface area contributed by atoms with Crippen molar-refractivity contribution in [3.8, 4) is 57.2 Å². The molecule has 1 aliphatic carbocycles. The van der Waals surface area contributed by atoms with Gasteiger partial charge in [0.05, 0.1) is 22.0 Å². The molecule has 0 radical (unpaired) electrons. The summed E-state index contributed by atoms with van der Waals surface area (Å²) in [6.07, 6.45) is 9.82. The number of fused-ring (bicyclic) bond motifs is 4. The summed E-state index contributed by atoms with van der Waals surface area (Å²) in [7, 11) is 0. The van der Waals surface area contributed by atoms with Gasteiger partial charge in [-0.05, 0) is 65.8 Å². The lowest BCUT2D eigenvalue weighted by Gasteiger charge is -2.46. The van der Waals surface area contributed by atoms with Crippen molar-refractivity contribution in [3.63, 3.8) is 0 Å². The SMILES string of the molecule is Cc1ccccc1-c1nc(-c2cccc3c2Oc2ccccc2C3(c2ccccc2)c2ccccc2)nc(-c2cccc3c2Oc2ccccc2C3(c2ccccc2)C2C=CC=CC2)n1. The molecule has 3 aliphatic rings. The number of hydrogen-bond donors (Lipinski definition) is 0. The molecule has 65 heavy (non-hydrogen) atoms. The van der Waals surface area contributed by atoms with Crippen molar-refractivity contribution >= 4 is 0 Å². The first kappa shape index (κ1) is 38.5. The van der Waals surface area contributed by atoms with Gasteiger partial charge in [-0.25, -0.2) is 15.0 Å². The fourth-order valence-corrected chi connectivity index (χ4v) is 10.8. The van der Waals surface area contributed by atoms with E-state index in [1.807, 2.05) is 18.2 Å². The summed E-state index contributed by atoms with van der Waals surface area (Å²) in [5.41, 5.74) is 9.98. The molecule has 1 aromatic heterocycles. The summed E-state index contributed by atoms with van der Waals surface area (Å²) in [6, 6.07) is 70.3. The maximum absolute atomic E-state index is 7.13. The lowest BCUT2D eigenvalue weighted by Crippen LogP contribution is -2.40. The standard InChI is InChI=1S/C60H43N3O2/c1-40-22-14-15-31-45(40)56-61-57(46-32-20-36-50-54(46)64-52-38-18-16-34-48(52)59(50,41-23-6-2-7-24-41)42-25-8-3-9-26-42)63-58(62-56)47-33-21-37-51-55(47)65-53-39-19-17-35-49(53)60(51,43-27-10-4-11-28-43)44-29-12-5-13-30-44/h2-29,31-39,44H,30H2,1H3. The highest BCUT2D eigenvalue weighted by Gasteiger charge is 2.50. The van der Waals surface area contributed by atoms with Crippen molar-refractivity contribution in [2.75, 3.05) is 0 Å². The van der Waals surface area contributed by atoms with Crippen molar-refractivity contribution in [1.82, 2.24) is 15.0 Å². The van der Waals surface area contributed by atoms with Gasteiger partial charge in [0.2, 0.25) is 0 Å². The van der Waals surface area contributed by atoms with E-state index < -0.39 is 10.8 Å². The minimum Gasteiger partial charge on any atom is -0.456 e. The number of hydrogen-bond acceptors (Lipinski definition) is 5. The van der Waals surface area contributed by atoms with Crippen LogP contribution in [0.25, 0.3) is 34.2 Å². The van der Waals surface area contributed by atoms with Gasteiger partial charge in [-0.1, -0.05) is 200 Å². The Morgan fingerprint density at radius 1 is 0.415 bits per heavy atom. The molecule has 12 rings (SSSR count). The van der Waals surface area contributed by atoms with Crippen LogP contribution in [0.2, 0.25) is 0 Å². The van der Waals surface area contributed by atoms with Crippen LogP contribution in [0.1, 0.15) is 50.9 Å². The van der Waals surface area contributed by atoms with Crippen LogP contribution in [-0.2, 0) is 10.8 Å². The molecule has 0 saturated carbocycles. The molecule has 2 aliphatic heterocycles. The van der Waals surface area contributed by atoms with Crippen LogP contribution in [0, 0.1) is 12.8 Å². The Balaban J connectivity index is 1.13. The predicted octanol–water partition coefficient (Wildman–Crippen LogP) is 14.2. The van der Waals surface area contributed by atoms with Crippen LogP contribution in [0.15, 0.2) is 224 Å². The first-order valence-corrected chi connectivity index (χ1v) is 22.3. The van der Waals surface area contributed by atoms with Gasteiger partial charge in [0.1, 0.15) is 23.0 Å². The maximum Gasteiger partial charge on any atom is 0.167 e. The topological polar surface area (TPSA) is 57.1 Å². The Morgan fingerprint density at radius 2 is 0.877 bits per heavy atom. The molecule has 0 saturated heterocycles. The van der Waals surface area contributed by atoms with E-state index in [4.69, 9.17) is 24.4 Å². The summed E-state index contributed by atoms with van der Waals surface area (Å²) < 4.78 is 14.2. The highest BCUT2D eigenvalue weighted by molar-refractivity contribution is 5.81. The van der Waals surface area contributed by atoms with E-state index in [0.29, 0.717) is 23.2 Å². The fraction of sp³-hybridized carbons (Fsp3) is 0.0833. The summed E-state index contributed by atoms with van der Waals surface area (Å²) >= 11 is 0. The Labute approximate surface area is 379 Å². The number of rotatable bonds is 7. The molecule has 5 heteroatoms. The van der Waals surface area contributed by atoms with Gasteiger partial charge in [0.25, 0.3) is 0 Å². The Morgan fingerprint density at radius 3 is 1.48 bits per heavy atom. The number of ether oxygens (including phenoxy) is 2. The minimum atomic E-state index is -0.708. The summed E-state index contributed by atoms with van der Waals surface area (Å²) in [4.78, 5) is 16.2. The Kier molecular flexibility index (Phi) is 9.23. The lowest BCUT2D eigenvalue weighted by molar-refractivity contribution is 0.368. The fourth-order valence-electron chi connectivity index (χ4n) is 10.8. The smallest absolute Gasteiger partial charge is 0.167 e. The lowest BCUT2D eigenvalue weighted by atomic mass is 9.59. The molecule has 310 valence electrons.